The van der Waals surface area contributed by atoms with Gasteiger partial charge in [-0.2, -0.15) is 0 Å². The summed E-state index contributed by atoms with van der Waals surface area (Å²) in [5.74, 6) is 0.230. The molecule has 132 valence electrons. The summed E-state index contributed by atoms with van der Waals surface area (Å²) in [5, 5.41) is 0. The second kappa shape index (κ2) is 6.08. The van der Waals surface area contributed by atoms with Gasteiger partial charge in [-0.15, -0.1) is 0 Å². The third kappa shape index (κ3) is 3.87. The van der Waals surface area contributed by atoms with Gasteiger partial charge in [0, 0.05) is 6.54 Å². The SMILES string of the molecule is CC(C)(C)OC(=O)[C@@H]1[C@H]2CCC[C@H]2CN1C(=O)[C@H](N)C(C)(C)C. The van der Waals surface area contributed by atoms with Crippen molar-refractivity contribution in [2.75, 3.05) is 6.54 Å². The third-order valence-corrected chi connectivity index (χ3v) is 5.02. The average Bonchev–Trinajstić information content (AvgIpc) is 2.92. The number of hydrogen-bond acceptors (Lipinski definition) is 4. The predicted octanol–water partition coefficient (Wildman–Crippen LogP) is 2.33. The van der Waals surface area contributed by atoms with E-state index >= 15 is 0 Å². The lowest BCUT2D eigenvalue weighted by Crippen LogP contribution is -2.55. The van der Waals surface area contributed by atoms with Gasteiger partial charge in [0.15, 0.2) is 0 Å². The van der Waals surface area contributed by atoms with Crippen LogP contribution in [0.1, 0.15) is 60.8 Å². The quantitative estimate of drug-likeness (QED) is 0.791. The standard InChI is InChI=1S/C18H32N2O3/c1-17(2,3)14(19)15(21)20-10-11-8-7-9-12(11)13(20)16(22)23-18(4,5)6/h11-14H,7-10,19H2,1-6H3/t11-,12-,13-,14-/m0/s1. The highest BCUT2D eigenvalue weighted by Crippen LogP contribution is 2.43. The van der Waals surface area contributed by atoms with E-state index < -0.39 is 17.7 Å². The number of carbonyl (C=O) groups is 2. The Morgan fingerprint density at radius 2 is 1.74 bits per heavy atom. The summed E-state index contributed by atoms with van der Waals surface area (Å²) in [4.78, 5) is 27.3. The van der Waals surface area contributed by atoms with Crippen molar-refractivity contribution in [3.8, 4) is 0 Å². The zero-order valence-electron chi connectivity index (χ0n) is 15.4. The Balaban J connectivity index is 2.23. The molecule has 5 heteroatoms. The van der Waals surface area contributed by atoms with Crippen LogP contribution in [0.2, 0.25) is 0 Å². The van der Waals surface area contributed by atoms with Crippen LogP contribution in [0.5, 0.6) is 0 Å². The van der Waals surface area contributed by atoms with Crippen molar-refractivity contribution in [2.24, 2.45) is 23.0 Å². The van der Waals surface area contributed by atoms with Gasteiger partial charge in [0.2, 0.25) is 5.91 Å². The molecule has 1 aliphatic heterocycles. The number of carbonyl (C=O) groups excluding carboxylic acids is 2. The predicted molar refractivity (Wildman–Crippen MR) is 89.6 cm³/mol. The summed E-state index contributed by atoms with van der Waals surface area (Å²) >= 11 is 0. The molecule has 2 rings (SSSR count). The van der Waals surface area contributed by atoms with Crippen LogP contribution in [-0.2, 0) is 14.3 Å². The van der Waals surface area contributed by atoms with E-state index in [1.165, 1.54) is 0 Å². The number of rotatable bonds is 2. The van der Waals surface area contributed by atoms with E-state index in [4.69, 9.17) is 10.5 Å². The van der Waals surface area contributed by atoms with Crippen LogP contribution in [0, 0.1) is 17.3 Å². The molecule has 5 nitrogen and oxygen atoms in total. The maximum atomic E-state index is 12.9. The molecule has 0 aromatic carbocycles. The Morgan fingerprint density at radius 3 is 2.26 bits per heavy atom. The third-order valence-electron chi connectivity index (χ3n) is 5.02. The topological polar surface area (TPSA) is 72.6 Å². The fraction of sp³-hybridized carbons (Fsp3) is 0.889. The van der Waals surface area contributed by atoms with Crippen LogP contribution in [0.25, 0.3) is 0 Å². The number of amides is 1. The van der Waals surface area contributed by atoms with Crippen LogP contribution < -0.4 is 5.73 Å². The second-order valence-corrected chi connectivity index (χ2v) is 9.17. The molecular formula is C18H32N2O3. The lowest BCUT2D eigenvalue weighted by Gasteiger charge is -2.34. The largest absolute Gasteiger partial charge is 0.458 e. The van der Waals surface area contributed by atoms with Crippen LogP contribution >= 0.6 is 0 Å². The van der Waals surface area contributed by atoms with E-state index in [1.807, 2.05) is 41.5 Å². The van der Waals surface area contributed by atoms with Gasteiger partial charge in [-0.05, 0) is 50.9 Å². The van der Waals surface area contributed by atoms with Crippen LogP contribution in [0.15, 0.2) is 0 Å². The molecule has 23 heavy (non-hydrogen) atoms. The number of nitrogens with two attached hydrogens (primary N) is 1. The molecule has 1 saturated carbocycles. The van der Waals surface area contributed by atoms with Crippen molar-refractivity contribution >= 4 is 11.9 Å². The smallest absolute Gasteiger partial charge is 0.329 e. The van der Waals surface area contributed by atoms with Crippen molar-refractivity contribution in [1.82, 2.24) is 4.90 Å². The Morgan fingerprint density at radius 1 is 1.13 bits per heavy atom. The van der Waals surface area contributed by atoms with Crippen molar-refractivity contribution in [1.29, 1.82) is 0 Å². The first-order valence-corrected chi connectivity index (χ1v) is 8.71. The van der Waals surface area contributed by atoms with Gasteiger partial charge in [0.05, 0.1) is 6.04 Å². The van der Waals surface area contributed by atoms with Crippen molar-refractivity contribution < 1.29 is 14.3 Å². The van der Waals surface area contributed by atoms with E-state index in [9.17, 15) is 9.59 Å². The summed E-state index contributed by atoms with van der Waals surface area (Å²) in [6.45, 7) is 12.1. The summed E-state index contributed by atoms with van der Waals surface area (Å²) in [6, 6.07) is -1.08. The molecule has 4 atom stereocenters. The maximum absolute atomic E-state index is 12.9. The number of ether oxygens (including phenoxy) is 1. The van der Waals surface area contributed by atoms with Crippen LogP contribution in [-0.4, -0.2) is 41.0 Å². The fourth-order valence-corrected chi connectivity index (χ4v) is 3.75. The summed E-state index contributed by atoms with van der Waals surface area (Å²) in [5.41, 5.74) is 5.30. The number of nitrogens with zero attached hydrogens (tertiary/aromatic N) is 1. The minimum absolute atomic E-state index is 0.122. The highest BCUT2D eigenvalue weighted by atomic mass is 16.6. The first-order chi connectivity index (χ1) is 10.4. The fourth-order valence-electron chi connectivity index (χ4n) is 3.75. The normalized spacial score (nSPS) is 29.3. The van der Waals surface area contributed by atoms with Gasteiger partial charge in [0.25, 0.3) is 0 Å². The van der Waals surface area contributed by atoms with Gasteiger partial charge in [0.1, 0.15) is 11.6 Å². The van der Waals surface area contributed by atoms with Gasteiger partial charge < -0.3 is 15.4 Å². The molecule has 2 fully saturated rings. The zero-order valence-corrected chi connectivity index (χ0v) is 15.4. The first-order valence-electron chi connectivity index (χ1n) is 8.71. The van der Waals surface area contributed by atoms with Crippen LogP contribution in [0.3, 0.4) is 0 Å². The number of fused-ring (bicyclic) bond motifs is 1. The molecule has 0 unspecified atom stereocenters. The zero-order chi connectivity index (χ0) is 17.6. The molecule has 1 aliphatic carbocycles. The highest BCUT2D eigenvalue weighted by Gasteiger charge is 2.52. The second-order valence-electron chi connectivity index (χ2n) is 9.17. The van der Waals surface area contributed by atoms with E-state index in [2.05, 4.69) is 0 Å². The molecule has 0 aromatic heterocycles. The monoisotopic (exact) mass is 324 g/mol. The highest BCUT2D eigenvalue weighted by molar-refractivity contribution is 5.89. The van der Waals surface area contributed by atoms with Crippen molar-refractivity contribution in [3.05, 3.63) is 0 Å². The van der Waals surface area contributed by atoms with Gasteiger partial charge in [-0.25, -0.2) is 4.79 Å². The Kier molecular flexibility index (Phi) is 4.82. The van der Waals surface area contributed by atoms with Crippen molar-refractivity contribution in [2.45, 2.75) is 78.5 Å². The molecular weight excluding hydrogens is 292 g/mol. The average molecular weight is 324 g/mol. The molecule has 2 aliphatic rings. The molecule has 0 radical (unpaired) electrons. The molecule has 1 saturated heterocycles. The molecule has 2 N–H and O–H groups in total. The Bertz CT molecular complexity index is 476. The first kappa shape index (κ1) is 18.2. The van der Waals surface area contributed by atoms with Gasteiger partial charge >= 0.3 is 5.97 Å². The van der Waals surface area contributed by atoms with E-state index in [0.29, 0.717) is 12.5 Å². The number of esters is 1. The molecule has 1 amide bonds. The lowest BCUT2D eigenvalue weighted by molar-refractivity contribution is -0.165. The Labute approximate surface area is 139 Å². The van der Waals surface area contributed by atoms with Gasteiger partial charge in [-0.3, -0.25) is 4.79 Å². The number of likely N-dealkylation sites (tertiary alicyclic amines) is 1. The summed E-state index contributed by atoms with van der Waals surface area (Å²) < 4.78 is 5.60. The molecule has 0 spiro atoms. The Hall–Kier alpha value is -1.10. The van der Waals surface area contributed by atoms with E-state index in [1.54, 1.807) is 4.90 Å². The van der Waals surface area contributed by atoms with E-state index in [-0.39, 0.29) is 23.2 Å². The number of hydrogen-bond donors (Lipinski definition) is 1. The minimum Gasteiger partial charge on any atom is -0.458 e. The summed E-state index contributed by atoms with van der Waals surface area (Å²) in [6.07, 6.45) is 3.20. The van der Waals surface area contributed by atoms with Gasteiger partial charge in [-0.1, -0.05) is 27.2 Å². The van der Waals surface area contributed by atoms with Crippen LogP contribution in [0.4, 0.5) is 0 Å². The molecule has 1 heterocycles. The molecule has 0 bridgehead atoms. The lowest BCUT2D eigenvalue weighted by atomic mass is 9.86. The minimum atomic E-state index is -0.605. The summed E-state index contributed by atoms with van der Waals surface area (Å²) in [7, 11) is 0. The van der Waals surface area contributed by atoms with E-state index in [0.717, 1.165) is 19.3 Å². The molecule has 0 aromatic rings. The maximum Gasteiger partial charge on any atom is 0.329 e. The van der Waals surface area contributed by atoms with Crippen molar-refractivity contribution in [3.63, 3.8) is 0 Å².